The van der Waals surface area contributed by atoms with Crippen LogP contribution in [0.1, 0.15) is 84.3 Å². The van der Waals surface area contributed by atoms with Gasteiger partial charge in [0, 0.05) is 24.8 Å². The summed E-state index contributed by atoms with van der Waals surface area (Å²) in [6, 6.07) is 2.95. The zero-order chi connectivity index (χ0) is 39.7. The molecule has 1 saturated heterocycles. The number of amides is 3. The summed E-state index contributed by atoms with van der Waals surface area (Å²) in [6.07, 6.45) is 10.5. The zero-order valence-corrected chi connectivity index (χ0v) is 32.5. The summed E-state index contributed by atoms with van der Waals surface area (Å²) in [5, 5.41) is 18.1. The lowest BCUT2D eigenvalue weighted by Gasteiger charge is -2.37. The van der Waals surface area contributed by atoms with Gasteiger partial charge in [-0.05, 0) is 62.0 Å². The maximum atomic E-state index is 14.6. The van der Waals surface area contributed by atoms with Crippen molar-refractivity contribution in [3.63, 3.8) is 0 Å². The largest absolute Gasteiger partial charge is 0.859 e. The highest BCUT2D eigenvalue weighted by atomic mass is 32.2. The summed E-state index contributed by atoms with van der Waals surface area (Å²) in [5.74, 6) is 0.644. The number of aromatic nitrogens is 2. The maximum Gasteiger partial charge on any atom is 0.408 e. The van der Waals surface area contributed by atoms with Crippen LogP contribution in [0, 0.1) is 23.7 Å². The lowest BCUT2D eigenvalue weighted by Crippen LogP contribution is -2.63. The third-order valence-corrected chi connectivity index (χ3v) is 12.3. The lowest BCUT2D eigenvalue weighted by molar-refractivity contribution is -0.223. The average Bonchev–Trinajstić information content (AvgIpc) is 4.07. The Morgan fingerprint density at radius 3 is 2.60 bits per heavy atom. The van der Waals surface area contributed by atoms with E-state index >= 15 is 0 Å². The number of ether oxygens (including phenoxy) is 3. The fourth-order valence-corrected chi connectivity index (χ4v) is 8.38. The first-order valence-electron chi connectivity index (χ1n) is 18.8. The molecule has 0 radical (unpaired) electrons. The van der Waals surface area contributed by atoms with E-state index in [1.807, 2.05) is 6.07 Å². The van der Waals surface area contributed by atoms with Crippen LogP contribution in [-0.2, 0) is 30.8 Å². The molecule has 4 aliphatic rings. The number of terminal acetylenes is 1. The van der Waals surface area contributed by atoms with E-state index in [1.54, 1.807) is 40.0 Å². The van der Waals surface area contributed by atoms with E-state index in [2.05, 4.69) is 27.5 Å². The number of hydrogen-bond acceptors (Lipinski definition) is 11. The molecule has 6 atom stereocenters. The van der Waals surface area contributed by atoms with Gasteiger partial charge >= 0.3 is 6.09 Å². The number of benzene rings is 1. The van der Waals surface area contributed by atoms with Gasteiger partial charge in [-0.3, -0.25) is 9.59 Å². The number of alkyl carbamates (subject to hydrolysis) is 1. The Balaban J connectivity index is 1.38. The number of methoxy groups -OCH3 is 1. The Bertz CT molecular complexity index is 2020. The van der Waals surface area contributed by atoms with Gasteiger partial charge in [-0.2, -0.15) is 4.40 Å². The second kappa shape index (κ2) is 15.7. The van der Waals surface area contributed by atoms with Gasteiger partial charge in [0.25, 0.3) is 10.0 Å². The summed E-state index contributed by atoms with van der Waals surface area (Å²) in [4.78, 5) is 53.2. The van der Waals surface area contributed by atoms with Gasteiger partial charge in [0.05, 0.1) is 29.9 Å². The Morgan fingerprint density at radius 2 is 1.93 bits per heavy atom. The summed E-state index contributed by atoms with van der Waals surface area (Å²) in [7, 11) is -2.61. The first-order chi connectivity index (χ1) is 26.1. The number of fused-ring (bicyclic) bond motifs is 5. The van der Waals surface area contributed by atoms with Crippen molar-refractivity contribution in [2.75, 3.05) is 13.7 Å². The molecule has 3 fully saturated rings. The topological polar surface area (TPSA) is 202 Å². The molecule has 16 heteroatoms. The quantitative estimate of drug-likeness (QED) is 0.173. The number of sulfonamides is 1. The molecule has 1 aromatic carbocycles. The number of aryl methyl sites for hydroxylation is 1. The molecule has 15 nitrogen and oxygen atoms in total. The van der Waals surface area contributed by atoms with Crippen LogP contribution in [0.25, 0.3) is 11.0 Å². The summed E-state index contributed by atoms with van der Waals surface area (Å²) in [5.41, 5.74) is -1.24. The maximum absolute atomic E-state index is 14.6. The van der Waals surface area contributed by atoms with Crippen LogP contribution >= 0.6 is 0 Å². The fourth-order valence-electron chi connectivity index (χ4n) is 7.11. The zero-order valence-electron chi connectivity index (χ0n) is 31.7. The summed E-state index contributed by atoms with van der Waals surface area (Å²) in [6.45, 7) is 8.88. The van der Waals surface area contributed by atoms with E-state index in [1.165, 1.54) is 11.0 Å². The number of nitrogens with zero attached hydrogens (tertiary/aromatic N) is 4. The third-order valence-electron chi connectivity index (χ3n) is 10.6. The van der Waals surface area contributed by atoms with Crippen molar-refractivity contribution >= 4 is 44.9 Å². The van der Waals surface area contributed by atoms with E-state index < -0.39 is 68.2 Å². The summed E-state index contributed by atoms with van der Waals surface area (Å²) < 4.78 is 46.5. The van der Waals surface area contributed by atoms with Crippen LogP contribution in [0.3, 0.4) is 0 Å². The molecule has 0 unspecified atom stereocenters. The van der Waals surface area contributed by atoms with Gasteiger partial charge in [-0.25, -0.2) is 23.2 Å². The van der Waals surface area contributed by atoms with Gasteiger partial charge in [0.2, 0.25) is 17.7 Å². The standard InChI is InChI=1S/C39H50N6O9S/c1-7-18-39(8-2,36(48)44-55(50,51)26-15-16-26)43-33(46)30-21-25-22-45(30)35(47)32(38(3,4)5)42-37(49)54-31-19-23(31)12-10-9-11-13-28-34(53-25)41-29-20-24(52-6)14-17-27(29)40-28/h2,7,14,17,20,23,25-26,30-32H,1,9-13,15-16,18-19,21-22H2,3-6H3,(H,42,49)(H,43,46)(H,44,48)/p-1/t23-,25-,30+,31-,32-,39-/m1/s1. The normalized spacial score (nSPS) is 26.3. The molecule has 1 aromatic heterocycles. The minimum absolute atomic E-state index is 0.0691. The van der Waals surface area contributed by atoms with Gasteiger partial charge in [-0.15, -0.1) is 13.0 Å². The van der Waals surface area contributed by atoms with Crippen molar-refractivity contribution in [2.45, 2.75) is 120 Å². The number of rotatable bonds is 8. The van der Waals surface area contributed by atoms with Gasteiger partial charge < -0.3 is 34.9 Å². The van der Waals surface area contributed by atoms with Gasteiger partial charge in [0.1, 0.15) is 41.3 Å². The minimum atomic E-state index is -4.16. The van der Waals surface area contributed by atoms with E-state index in [-0.39, 0.29) is 37.3 Å². The van der Waals surface area contributed by atoms with Gasteiger partial charge in [-0.1, -0.05) is 45.6 Å². The van der Waals surface area contributed by atoms with Crippen molar-refractivity contribution in [1.82, 2.24) is 25.5 Å². The van der Waals surface area contributed by atoms with E-state index in [4.69, 9.17) is 30.6 Å². The van der Waals surface area contributed by atoms with Crippen LogP contribution in [0.15, 0.2) is 35.3 Å². The van der Waals surface area contributed by atoms with Gasteiger partial charge in [0.15, 0.2) is 0 Å². The lowest BCUT2D eigenvalue weighted by atomic mass is 9.85. The molecule has 2 aliphatic heterocycles. The highest BCUT2D eigenvalue weighted by Crippen LogP contribution is 2.39. The third kappa shape index (κ3) is 8.98. The molecule has 55 heavy (non-hydrogen) atoms. The van der Waals surface area contributed by atoms with Crippen molar-refractivity contribution in [1.29, 1.82) is 0 Å². The van der Waals surface area contributed by atoms with Crippen molar-refractivity contribution in [3.8, 4) is 24.0 Å². The Morgan fingerprint density at radius 1 is 1.16 bits per heavy atom. The predicted octanol–water partition coefficient (Wildman–Crippen LogP) is 2.95. The molecule has 2 saturated carbocycles. The second-order valence-electron chi connectivity index (χ2n) is 15.9. The first kappa shape index (κ1) is 39.8. The summed E-state index contributed by atoms with van der Waals surface area (Å²) >= 11 is 0. The molecule has 3 heterocycles. The molecule has 0 spiro atoms. The number of nitrogens with one attached hydrogen (secondary N) is 2. The molecule has 6 rings (SSSR count). The molecule has 2 N–H and O–H groups in total. The van der Waals surface area contributed by atoms with Crippen LogP contribution in [0.4, 0.5) is 4.79 Å². The van der Waals surface area contributed by atoms with Crippen molar-refractivity contribution < 1.29 is 42.1 Å². The number of hydrogen-bond donors (Lipinski definition) is 2. The van der Waals surface area contributed by atoms with Crippen LogP contribution in [-0.4, -0.2) is 95.8 Å². The predicted molar refractivity (Wildman–Crippen MR) is 201 cm³/mol. The second-order valence-corrected chi connectivity index (χ2v) is 17.8. The van der Waals surface area contributed by atoms with E-state index in [9.17, 15) is 27.9 Å². The Kier molecular flexibility index (Phi) is 11.3. The first-order valence-corrected chi connectivity index (χ1v) is 20.3. The number of carbonyl (C=O) groups is 3. The Hall–Kier alpha value is -4.91. The number of carbonyl (C=O) groups excluding carboxylic acids is 3. The molecular formula is C39H49N6O9S-. The Labute approximate surface area is 321 Å². The van der Waals surface area contributed by atoms with Crippen LogP contribution < -0.4 is 25.2 Å². The molecule has 2 aromatic rings. The average molecular weight is 778 g/mol. The van der Waals surface area contributed by atoms with E-state index in [0.29, 0.717) is 41.7 Å². The highest BCUT2D eigenvalue weighted by Gasteiger charge is 2.48. The molecular weight excluding hydrogens is 729 g/mol. The SMILES string of the molecule is C#C[C@](CC=C)(NC(=O)[C@@H]1C[C@@H]2CN1C(=O)[C@H](C(C)(C)C)NC(=O)O[C@@H]1C[C@H]1CCCCCc1nc3ccc(OC)cc3nc1O2)C([O-])=NS(=O)(=O)C1CC1. The molecule has 3 amide bonds. The van der Waals surface area contributed by atoms with E-state index in [0.717, 1.165) is 32.1 Å². The van der Waals surface area contributed by atoms with Crippen LogP contribution in [0.5, 0.6) is 11.6 Å². The fraction of sp³-hybridized carbons (Fsp3) is 0.590. The van der Waals surface area contributed by atoms with Crippen LogP contribution in [0.2, 0.25) is 0 Å². The minimum Gasteiger partial charge on any atom is -0.859 e. The van der Waals surface area contributed by atoms with Crippen molar-refractivity contribution in [2.24, 2.45) is 15.7 Å². The molecule has 296 valence electrons. The molecule has 2 aliphatic carbocycles. The highest BCUT2D eigenvalue weighted by molar-refractivity contribution is 7.91. The smallest absolute Gasteiger partial charge is 0.408 e. The molecule has 2 bridgehead atoms. The monoisotopic (exact) mass is 777 g/mol. The van der Waals surface area contributed by atoms with Crippen molar-refractivity contribution in [3.05, 3.63) is 36.5 Å².